The Labute approximate surface area is 95.8 Å². The fourth-order valence-electron chi connectivity index (χ4n) is 1.12. The monoisotopic (exact) mass is 226 g/mol. The highest BCUT2D eigenvalue weighted by atomic mass is 32.2. The molecule has 0 saturated heterocycles. The van der Waals surface area contributed by atoms with Gasteiger partial charge in [0.15, 0.2) is 5.78 Å². The van der Waals surface area contributed by atoms with E-state index < -0.39 is 0 Å². The first-order valence-corrected chi connectivity index (χ1v) is 5.51. The molecule has 0 radical (unpaired) electrons. The van der Waals surface area contributed by atoms with Gasteiger partial charge in [-0.2, -0.15) is 0 Å². The van der Waals surface area contributed by atoms with Crippen LogP contribution in [0.3, 0.4) is 0 Å². The zero-order valence-corrected chi connectivity index (χ0v) is 10.8. The highest BCUT2D eigenvalue weighted by Crippen LogP contribution is 2.34. The van der Waals surface area contributed by atoms with Gasteiger partial charge in [-0.05, 0) is 40.2 Å². The summed E-state index contributed by atoms with van der Waals surface area (Å²) in [7, 11) is 0. The molecule has 84 valence electrons. The third-order valence-electron chi connectivity index (χ3n) is 1.69. The Hall–Kier alpha value is -0.960. The minimum absolute atomic E-state index is 0.0625. The van der Waals surface area contributed by atoms with E-state index in [1.807, 2.05) is 20.8 Å². The van der Waals surface area contributed by atoms with Crippen LogP contribution < -0.4 is 0 Å². The molecule has 0 aromatic carbocycles. The van der Waals surface area contributed by atoms with Crippen molar-refractivity contribution < 1.29 is 9.90 Å². The van der Waals surface area contributed by atoms with Gasteiger partial charge in [0.2, 0.25) is 0 Å². The Morgan fingerprint density at radius 2 is 1.53 bits per heavy atom. The second-order valence-electron chi connectivity index (χ2n) is 3.68. The molecule has 15 heavy (non-hydrogen) atoms. The Morgan fingerprint density at radius 1 is 1.07 bits per heavy atom. The van der Waals surface area contributed by atoms with Crippen molar-refractivity contribution in [1.29, 1.82) is 0 Å². The van der Waals surface area contributed by atoms with Crippen LogP contribution >= 0.6 is 11.8 Å². The quantitative estimate of drug-likeness (QED) is 0.448. The first kappa shape index (κ1) is 14.0. The maximum absolute atomic E-state index is 11.3. The lowest BCUT2D eigenvalue weighted by atomic mass is 10.2. The normalized spacial score (nSPS) is 11.8. The third kappa shape index (κ3) is 4.38. The van der Waals surface area contributed by atoms with Gasteiger partial charge in [-0.3, -0.25) is 4.79 Å². The third-order valence-corrected chi connectivity index (χ3v) is 3.44. The van der Waals surface area contributed by atoms with Crippen LogP contribution in [0.15, 0.2) is 33.3 Å². The number of carbonyl (C=O) groups excluding carboxylic acids is 1. The van der Waals surface area contributed by atoms with E-state index in [4.69, 9.17) is 0 Å². The maximum Gasteiger partial charge on any atom is 0.169 e. The predicted octanol–water partition coefficient (Wildman–Crippen LogP) is 3.97. The highest BCUT2D eigenvalue weighted by molar-refractivity contribution is 8.07. The zero-order chi connectivity index (χ0) is 12.2. The van der Waals surface area contributed by atoms with Crippen molar-refractivity contribution in [2.45, 2.75) is 34.6 Å². The number of aliphatic hydroxyl groups excluding tert-OH is 1. The number of ketones is 1. The molecule has 0 aliphatic rings. The molecule has 0 atom stereocenters. The SMILES string of the molecule is C=C(C)C(S/C(C(C)=O)=C(\C)O)=C(C)C. The van der Waals surface area contributed by atoms with Gasteiger partial charge in [-0.1, -0.05) is 23.9 Å². The summed E-state index contributed by atoms with van der Waals surface area (Å²) in [6, 6.07) is 0. The number of rotatable bonds is 4. The summed E-state index contributed by atoms with van der Waals surface area (Å²) in [6.45, 7) is 12.6. The maximum atomic E-state index is 11.3. The Bertz CT molecular complexity index is 307. The minimum Gasteiger partial charge on any atom is -0.511 e. The van der Waals surface area contributed by atoms with Crippen LogP contribution in [0.2, 0.25) is 0 Å². The van der Waals surface area contributed by atoms with E-state index in [0.29, 0.717) is 4.91 Å². The number of carbonyl (C=O) groups is 1. The van der Waals surface area contributed by atoms with Crippen molar-refractivity contribution in [2.75, 3.05) is 0 Å². The first-order chi connectivity index (χ1) is 6.77. The lowest BCUT2D eigenvalue weighted by Gasteiger charge is -2.10. The molecule has 0 aromatic rings. The van der Waals surface area contributed by atoms with Crippen LogP contribution in [0, 0.1) is 0 Å². The van der Waals surface area contributed by atoms with Gasteiger partial charge in [0.25, 0.3) is 0 Å². The van der Waals surface area contributed by atoms with Crippen molar-refractivity contribution >= 4 is 17.5 Å². The smallest absolute Gasteiger partial charge is 0.169 e. The summed E-state index contributed by atoms with van der Waals surface area (Å²) in [6.07, 6.45) is 0. The number of aliphatic hydroxyl groups is 1. The molecule has 0 aliphatic carbocycles. The Kier molecular flexibility index (Phi) is 5.44. The summed E-state index contributed by atoms with van der Waals surface area (Å²) < 4.78 is 0. The van der Waals surface area contributed by atoms with E-state index in [9.17, 15) is 9.90 Å². The summed E-state index contributed by atoms with van der Waals surface area (Å²) >= 11 is 1.28. The highest BCUT2D eigenvalue weighted by Gasteiger charge is 2.13. The van der Waals surface area contributed by atoms with Crippen LogP contribution in [-0.4, -0.2) is 10.9 Å². The number of allylic oxidation sites excluding steroid dienone is 4. The molecular weight excluding hydrogens is 208 g/mol. The Morgan fingerprint density at radius 3 is 1.73 bits per heavy atom. The van der Waals surface area contributed by atoms with Gasteiger partial charge in [-0.25, -0.2) is 0 Å². The lowest BCUT2D eigenvalue weighted by Crippen LogP contribution is -1.97. The second kappa shape index (κ2) is 5.81. The molecule has 0 rings (SSSR count). The first-order valence-electron chi connectivity index (χ1n) is 4.69. The van der Waals surface area contributed by atoms with Crippen LogP contribution in [0.25, 0.3) is 0 Å². The summed E-state index contributed by atoms with van der Waals surface area (Å²) in [4.78, 5) is 12.6. The fourth-order valence-corrected chi connectivity index (χ4v) is 1.99. The number of hydrogen-bond acceptors (Lipinski definition) is 3. The summed E-state index contributed by atoms with van der Waals surface area (Å²) in [5.74, 6) is -0.0625. The Balaban J connectivity index is 5.16. The van der Waals surface area contributed by atoms with Gasteiger partial charge in [0, 0.05) is 4.91 Å². The number of thioether (sulfide) groups is 1. The number of hydrogen-bond donors (Lipinski definition) is 1. The van der Waals surface area contributed by atoms with E-state index in [1.54, 1.807) is 0 Å². The molecule has 0 amide bonds. The van der Waals surface area contributed by atoms with Gasteiger partial charge in [-0.15, -0.1) is 0 Å². The van der Waals surface area contributed by atoms with Crippen molar-refractivity contribution in [3.63, 3.8) is 0 Å². The van der Waals surface area contributed by atoms with Crippen molar-refractivity contribution in [3.8, 4) is 0 Å². The van der Waals surface area contributed by atoms with Crippen molar-refractivity contribution in [2.24, 2.45) is 0 Å². The molecule has 0 saturated carbocycles. The van der Waals surface area contributed by atoms with Gasteiger partial charge in [0.1, 0.15) is 5.76 Å². The van der Waals surface area contributed by atoms with Crippen LogP contribution in [0.5, 0.6) is 0 Å². The molecule has 3 heteroatoms. The molecule has 0 fully saturated rings. The van der Waals surface area contributed by atoms with Crippen LogP contribution in [-0.2, 0) is 4.79 Å². The van der Waals surface area contributed by atoms with E-state index >= 15 is 0 Å². The lowest BCUT2D eigenvalue weighted by molar-refractivity contribution is -0.113. The largest absolute Gasteiger partial charge is 0.511 e. The average molecular weight is 226 g/mol. The molecular formula is C12H18O2S. The van der Waals surface area contributed by atoms with E-state index in [0.717, 1.165) is 16.1 Å². The van der Waals surface area contributed by atoms with E-state index in [1.165, 1.54) is 25.6 Å². The summed E-state index contributed by atoms with van der Waals surface area (Å²) in [5.41, 5.74) is 1.99. The molecule has 0 heterocycles. The molecule has 0 aliphatic heterocycles. The van der Waals surface area contributed by atoms with Gasteiger partial charge < -0.3 is 5.11 Å². The molecule has 2 nitrogen and oxygen atoms in total. The average Bonchev–Trinajstić information content (AvgIpc) is 2.01. The van der Waals surface area contributed by atoms with Crippen molar-refractivity contribution in [1.82, 2.24) is 0 Å². The van der Waals surface area contributed by atoms with Crippen LogP contribution in [0.1, 0.15) is 34.6 Å². The van der Waals surface area contributed by atoms with Crippen molar-refractivity contribution in [3.05, 3.63) is 33.3 Å². The van der Waals surface area contributed by atoms with Gasteiger partial charge in [0.05, 0.1) is 4.91 Å². The summed E-state index contributed by atoms with van der Waals surface area (Å²) in [5, 5.41) is 9.38. The molecule has 0 unspecified atom stereocenters. The molecule has 0 spiro atoms. The second-order valence-corrected chi connectivity index (χ2v) is 4.70. The molecule has 0 bridgehead atoms. The zero-order valence-electron chi connectivity index (χ0n) is 9.97. The molecule has 0 aromatic heterocycles. The topological polar surface area (TPSA) is 37.3 Å². The fraction of sp³-hybridized carbons (Fsp3) is 0.417. The predicted molar refractivity (Wildman–Crippen MR) is 66.8 cm³/mol. The minimum atomic E-state index is -0.125. The number of Topliss-reactive ketones (excluding diaryl/α,β-unsaturated/α-hetero) is 1. The van der Waals surface area contributed by atoms with Crippen LogP contribution in [0.4, 0.5) is 0 Å². The standard InChI is InChI=1S/C12H18O2S/c1-7(2)11(8(3)4)15-12(9(5)13)10(6)14/h13H,1H2,2-6H3/b12-9+. The van der Waals surface area contributed by atoms with E-state index in [-0.39, 0.29) is 11.5 Å². The molecule has 1 N–H and O–H groups in total. The van der Waals surface area contributed by atoms with E-state index in [2.05, 4.69) is 6.58 Å². The van der Waals surface area contributed by atoms with Gasteiger partial charge >= 0.3 is 0 Å².